The Labute approximate surface area is 260 Å². The van der Waals surface area contributed by atoms with Gasteiger partial charge in [-0.15, -0.1) is 0 Å². The van der Waals surface area contributed by atoms with E-state index in [9.17, 15) is 9.59 Å². The summed E-state index contributed by atoms with van der Waals surface area (Å²) in [4.78, 5) is 36.2. The summed E-state index contributed by atoms with van der Waals surface area (Å²) in [5, 5.41) is 10.2. The molecule has 9 nitrogen and oxygen atoms in total. The number of ether oxygens (including phenoxy) is 2. The Kier molecular flexibility index (Phi) is 8.76. The van der Waals surface area contributed by atoms with E-state index in [-0.39, 0.29) is 11.5 Å². The molecule has 1 unspecified atom stereocenters. The van der Waals surface area contributed by atoms with Gasteiger partial charge in [0, 0.05) is 17.1 Å². The lowest BCUT2D eigenvalue weighted by Crippen LogP contribution is -2.35. The van der Waals surface area contributed by atoms with E-state index in [0.29, 0.717) is 48.4 Å². The van der Waals surface area contributed by atoms with Gasteiger partial charge in [0.05, 0.1) is 32.6 Å². The first-order chi connectivity index (χ1) is 21.5. The highest BCUT2D eigenvalue weighted by Gasteiger charge is 2.34. The van der Waals surface area contributed by atoms with Crippen molar-refractivity contribution < 1.29 is 19.1 Å². The molecule has 0 spiro atoms. The number of aromatic nitrogens is 2. The summed E-state index contributed by atoms with van der Waals surface area (Å²) >= 11 is 6.20. The van der Waals surface area contributed by atoms with Crippen molar-refractivity contribution in [1.82, 2.24) is 15.3 Å². The molecule has 44 heavy (non-hydrogen) atoms. The largest absolute Gasteiger partial charge is 0.467 e. The molecule has 3 aromatic carbocycles. The van der Waals surface area contributed by atoms with Crippen molar-refractivity contribution >= 4 is 40.6 Å². The van der Waals surface area contributed by atoms with E-state index in [4.69, 9.17) is 31.2 Å². The average Bonchev–Trinajstić information content (AvgIpc) is 3.53. The number of anilines is 1. The number of hydrogen-bond acceptors (Lipinski definition) is 8. The molecule has 1 aromatic heterocycles. The molecule has 0 aliphatic carbocycles. The maximum Gasteiger partial charge on any atom is 0.333 e. The molecule has 0 saturated heterocycles. The third kappa shape index (κ3) is 6.24. The fraction of sp³-hybridized carbons (Fsp3) is 0.206. The fourth-order valence-electron chi connectivity index (χ4n) is 5.33. The van der Waals surface area contributed by atoms with Crippen molar-refractivity contribution in [3.63, 3.8) is 0 Å². The van der Waals surface area contributed by atoms with Gasteiger partial charge in [0.15, 0.2) is 17.7 Å². The number of amides is 1. The Balaban J connectivity index is 1.43. The number of rotatable bonds is 8. The number of hydrazone groups is 1. The zero-order valence-corrected chi connectivity index (χ0v) is 24.8. The van der Waals surface area contributed by atoms with Gasteiger partial charge in [-0.2, -0.15) is 5.10 Å². The molecule has 1 amide bonds. The van der Waals surface area contributed by atoms with Crippen molar-refractivity contribution in [3.05, 3.63) is 130 Å². The lowest BCUT2D eigenvalue weighted by atomic mass is 9.90. The van der Waals surface area contributed by atoms with Crippen molar-refractivity contribution in [2.75, 3.05) is 31.9 Å². The van der Waals surface area contributed by atoms with Gasteiger partial charge in [-0.3, -0.25) is 4.79 Å². The molecule has 0 fully saturated rings. The van der Waals surface area contributed by atoms with Gasteiger partial charge < -0.3 is 14.8 Å². The molecule has 222 valence electrons. The molecule has 6 rings (SSSR count). The molecule has 2 atom stereocenters. The van der Waals surface area contributed by atoms with E-state index in [1.807, 2.05) is 54.6 Å². The van der Waals surface area contributed by atoms with Gasteiger partial charge >= 0.3 is 5.97 Å². The Morgan fingerprint density at radius 3 is 2.43 bits per heavy atom. The normalized spacial score (nSPS) is 17.0. The second kappa shape index (κ2) is 13.2. The van der Waals surface area contributed by atoms with Crippen molar-refractivity contribution in [3.8, 4) is 0 Å². The molecule has 10 heteroatoms. The van der Waals surface area contributed by atoms with E-state index >= 15 is 0 Å². The van der Waals surface area contributed by atoms with Crippen LogP contribution in [0.3, 0.4) is 0 Å². The van der Waals surface area contributed by atoms with Crippen LogP contribution < -0.4 is 10.3 Å². The molecule has 0 radical (unpaired) electrons. The first kappa shape index (κ1) is 29.2. The van der Waals surface area contributed by atoms with Gasteiger partial charge in [0.25, 0.3) is 5.91 Å². The quantitative estimate of drug-likeness (QED) is 0.260. The average molecular weight is 608 g/mol. The first-order valence-corrected chi connectivity index (χ1v) is 14.6. The van der Waals surface area contributed by atoms with E-state index < -0.39 is 17.9 Å². The van der Waals surface area contributed by atoms with Crippen molar-refractivity contribution in [2.24, 2.45) is 5.10 Å². The van der Waals surface area contributed by atoms with Crippen LogP contribution in [0.1, 0.15) is 51.3 Å². The second-order valence-corrected chi connectivity index (χ2v) is 10.8. The lowest BCUT2D eigenvalue weighted by molar-refractivity contribution is -0.143. The zero-order valence-electron chi connectivity index (χ0n) is 24.0. The Bertz CT molecular complexity index is 1710. The van der Waals surface area contributed by atoms with E-state index in [0.717, 1.165) is 22.4 Å². The molecule has 2 aliphatic rings. The molecular formula is C34H30ClN5O4. The number of carbonyl (C=O) groups excluding carboxylic acids is 2. The summed E-state index contributed by atoms with van der Waals surface area (Å²) in [5.74, 6) is -0.399. The number of benzene rings is 3. The summed E-state index contributed by atoms with van der Waals surface area (Å²) in [7, 11) is 1.29. The van der Waals surface area contributed by atoms with Crippen LogP contribution in [0.25, 0.3) is 5.57 Å². The smallest absolute Gasteiger partial charge is 0.333 e. The van der Waals surface area contributed by atoms with Crippen LogP contribution in [0.5, 0.6) is 0 Å². The summed E-state index contributed by atoms with van der Waals surface area (Å²) in [5.41, 5.74) is 4.51. The number of halogens is 1. The molecule has 0 saturated carbocycles. The van der Waals surface area contributed by atoms with Gasteiger partial charge in [0.2, 0.25) is 0 Å². The third-order valence-electron chi connectivity index (χ3n) is 7.61. The number of methoxy groups -OCH3 is 1. The van der Waals surface area contributed by atoms with E-state index in [1.54, 1.807) is 29.3 Å². The molecule has 0 bridgehead atoms. The summed E-state index contributed by atoms with van der Waals surface area (Å²) in [6.07, 6.45) is 4.09. The van der Waals surface area contributed by atoms with Crippen LogP contribution in [-0.2, 0) is 14.3 Å². The van der Waals surface area contributed by atoms with Gasteiger partial charge in [-0.1, -0.05) is 90.5 Å². The molecular weight excluding hydrogens is 578 g/mol. The minimum absolute atomic E-state index is 0.110. The van der Waals surface area contributed by atoms with Crippen LogP contribution >= 0.6 is 11.6 Å². The van der Waals surface area contributed by atoms with Crippen molar-refractivity contribution in [1.29, 1.82) is 0 Å². The van der Waals surface area contributed by atoms with Crippen LogP contribution in [0.4, 0.5) is 5.82 Å². The van der Waals surface area contributed by atoms with Crippen LogP contribution in [0.15, 0.2) is 102 Å². The van der Waals surface area contributed by atoms with E-state index in [1.165, 1.54) is 13.3 Å². The molecule has 2 aliphatic heterocycles. The van der Waals surface area contributed by atoms with Crippen LogP contribution in [-0.4, -0.2) is 54.4 Å². The monoisotopic (exact) mass is 607 g/mol. The van der Waals surface area contributed by atoms with Crippen LogP contribution in [0, 0.1) is 0 Å². The predicted octanol–water partition coefficient (Wildman–Crippen LogP) is 5.59. The number of esters is 1. The SMILES string of the molecule is COC(=O)[C@@H](NC(=O)c1cnc(C2=CCOCC2)nc1N1CC(c2ccccc2)C(c2ccc(Cl)cc2)=N1)c1ccccc1. The Morgan fingerprint density at radius 1 is 1.02 bits per heavy atom. The number of hydrogen-bond donors (Lipinski definition) is 1. The minimum atomic E-state index is -1.02. The third-order valence-corrected chi connectivity index (χ3v) is 7.86. The maximum atomic E-state index is 13.9. The summed E-state index contributed by atoms with van der Waals surface area (Å²) in [6.45, 7) is 1.45. The first-order valence-electron chi connectivity index (χ1n) is 14.3. The Hall–Kier alpha value is -4.86. The number of nitrogens with one attached hydrogen (secondary N) is 1. The highest BCUT2D eigenvalue weighted by Crippen LogP contribution is 2.34. The van der Waals surface area contributed by atoms with Crippen molar-refractivity contribution in [2.45, 2.75) is 18.4 Å². The molecule has 1 N–H and O–H groups in total. The standard InChI is InChI=1S/C34H30ClN5O4/c1-43-34(42)30(23-10-6-3-7-11-23)37-33(41)27-20-36-31(25-16-18-44-19-17-25)38-32(27)40-21-28(22-8-4-2-5-9-22)29(39-40)24-12-14-26(35)15-13-24/h2-16,20,28,30H,17-19,21H2,1H3,(H,37,41)/t28?,30-/m0/s1. The van der Waals surface area contributed by atoms with E-state index in [2.05, 4.69) is 22.4 Å². The van der Waals surface area contributed by atoms with Gasteiger partial charge in [0.1, 0.15) is 5.56 Å². The maximum absolute atomic E-state index is 13.9. The Morgan fingerprint density at radius 2 is 1.75 bits per heavy atom. The lowest BCUT2D eigenvalue weighted by Gasteiger charge is -2.22. The topological polar surface area (TPSA) is 106 Å². The minimum Gasteiger partial charge on any atom is -0.467 e. The number of nitrogens with zero attached hydrogens (tertiary/aromatic N) is 4. The molecule has 3 heterocycles. The zero-order chi connectivity index (χ0) is 30.5. The van der Waals surface area contributed by atoms with Gasteiger partial charge in [-0.25, -0.2) is 19.8 Å². The molecule has 4 aromatic rings. The second-order valence-electron chi connectivity index (χ2n) is 10.4. The summed E-state index contributed by atoms with van der Waals surface area (Å²) in [6, 6.07) is 25.5. The highest BCUT2D eigenvalue weighted by atomic mass is 35.5. The summed E-state index contributed by atoms with van der Waals surface area (Å²) < 4.78 is 10.5. The highest BCUT2D eigenvalue weighted by molar-refractivity contribution is 6.30. The predicted molar refractivity (Wildman–Crippen MR) is 169 cm³/mol. The fourth-order valence-corrected chi connectivity index (χ4v) is 5.45. The van der Waals surface area contributed by atoms with Gasteiger partial charge in [-0.05, 0) is 40.8 Å². The van der Waals surface area contributed by atoms with Crippen LogP contribution in [0.2, 0.25) is 5.02 Å². The number of carbonyl (C=O) groups is 2.